The minimum atomic E-state index is -0.757. The van der Waals surface area contributed by atoms with Gasteiger partial charge in [0.25, 0.3) is 0 Å². The third kappa shape index (κ3) is 28.5. The first-order valence-electron chi connectivity index (χ1n) is 17.8. The van der Waals surface area contributed by atoms with E-state index in [1.165, 1.54) is 64.2 Å². The van der Waals surface area contributed by atoms with Crippen LogP contribution >= 0.6 is 0 Å². The Balaban J connectivity index is 4.31. The van der Waals surface area contributed by atoms with Crippen molar-refractivity contribution in [3.8, 4) is 0 Å². The summed E-state index contributed by atoms with van der Waals surface area (Å²) in [5.74, 6) is 0.685. The normalized spacial score (nSPS) is 12.7. The van der Waals surface area contributed by atoms with Crippen LogP contribution in [0.1, 0.15) is 182 Å². The van der Waals surface area contributed by atoms with Crippen molar-refractivity contribution in [3.05, 3.63) is 0 Å². The molecule has 1 unspecified atom stereocenters. The van der Waals surface area contributed by atoms with Gasteiger partial charge in [0.15, 0.2) is 6.10 Å². The predicted molar refractivity (Wildman–Crippen MR) is 173 cm³/mol. The van der Waals surface area contributed by atoms with Gasteiger partial charge in [-0.3, -0.25) is 14.4 Å². The van der Waals surface area contributed by atoms with Crippen LogP contribution in [0.2, 0.25) is 0 Å². The van der Waals surface area contributed by atoms with Gasteiger partial charge in [-0.2, -0.15) is 0 Å². The molecule has 6 heteroatoms. The summed E-state index contributed by atoms with van der Waals surface area (Å²) in [5.41, 5.74) is 0. The van der Waals surface area contributed by atoms with Crippen molar-refractivity contribution < 1.29 is 28.6 Å². The van der Waals surface area contributed by atoms with Crippen LogP contribution in [0.4, 0.5) is 0 Å². The highest BCUT2D eigenvalue weighted by Crippen LogP contribution is 2.15. The van der Waals surface area contributed by atoms with Crippen molar-refractivity contribution in [3.63, 3.8) is 0 Å². The zero-order valence-corrected chi connectivity index (χ0v) is 28.4. The number of hydrogen-bond donors (Lipinski definition) is 0. The van der Waals surface area contributed by atoms with E-state index in [0.717, 1.165) is 76.0 Å². The van der Waals surface area contributed by atoms with Crippen LogP contribution in [-0.4, -0.2) is 37.2 Å². The Morgan fingerprint density at radius 3 is 1.36 bits per heavy atom. The standard InChI is InChI=1S/C36H68O6/c1-6-8-9-14-23-28-36(39)42-33(29-40-34(37)26-21-17-12-10-15-19-24-31(3)4)30-41-35(38)27-22-18-13-11-16-20-25-32(5)7-2/h31-33H,6-30H2,1-5H3/t32?,33-/m0/s1. The molecule has 0 saturated carbocycles. The molecule has 0 aliphatic carbocycles. The highest BCUT2D eigenvalue weighted by molar-refractivity contribution is 5.71. The van der Waals surface area contributed by atoms with Gasteiger partial charge in [-0.15, -0.1) is 0 Å². The van der Waals surface area contributed by atoms with Crippen molar-refractivity contribution in [2.75, 3.05) is 13.2 Å². The summed E-state index contributed by atoms with van der Waals surface area (Å²) in [6.45, 7) is 11.1. The molecule has 0 aromatic rings. The maximum Gasteiger partial charge on any atom is 0.306 e. The second kappa shape index (κ2) is 29.5. The molecular weight excluding hydrogens is 528 g/mol. The van der Waals surface area contributed by atoms with Crippen molar-refractivity contribution in [1.29, 1.82) is 0 Å². The van der Waals surface area contributed by atoms with Gasteiger partial charge in [0.05, 0.1) is 0 Å². The second-order valence-electron chi connectivity index (χ2n) is 12.9. The lowest BCUT2D eigenvalue weighted by molar-refractivity contribution is -0.167. The number of ether oxygens (including phenoxy) is 3. The summed E-state index contributed by atoms with van der Waals surface area (Å²) in [6.07, 6.45) is 22.8. The zero-order chi connectivity index (χ0) is 31.3. The van der Waals surface area contributed by atoms with Crippen LogP contribution in [0, 0.1) is 11.8 Å². The zero-order valence-electron chi connectivity index (χ0n) is 28.4. The Morgan fingerprint density at radius 2 is 0.905 bits per heavy atom. The number of unbranched alkanes of at least 4 members (excludes halogenated alkanes) is 14. The van der Waals surface area contributed by atoms with E-state index in [0.29, 0.717) is 19.3 Å². The van der Waals surface area contributed by atoms with Gasteiger partial charge in [-0.25, -0.2) is 0 Å². The molecule has 6 nitrogen and oxygen atoms in total. The highest BCUT2D eigenvalue weighted by atomic mass is 16.6. The molecule has 0 aromatic carbocycles. The monoisotopic (exact) mass is 597 g/mol. The summed E-state index contributed by atoms with van der Waals surface area (Å²) in [6, 6.07) is 0. The fourth-order valence-corrected chi connectivity index (χ4v) is 4.95. The average Bonchev–Trinajstić information content (AvgIpc) is 2.96. The van der Waals surface area contributed by atoms with E-state index in [-0.39, 0.29) is 31.1 Å². The van der Waals surface area contributed by atoms with Gasteiger partial charge < -0.3 is 14.2 Å². The number of carbonyl (C=O) groups excluding carboxylic acids is 3. The quantitative estimate of drug-likeness (QED) is 0.0466. The first kappa shape index (κ1) is 40.4. The maximum absolute atomic E-state index is 12.4. The van der Waals surface area contributed by atoms with Gasteiger partial charge in [0.1, 0.15) is 13.2 Å². The van der Waals surface area contributed by atoms with Crippen LogP contribution in [0.5, 0.6) is 0 Å². The molecule has 0 heterocycles. The number of rotatable bonds is 30. The van der Waals surface area contributed by atoms with E-state index in [9.17, 15) is 14.4 Å². The van der Waals surface area contributed by atoms with Gasteiger partial charge in [0.2, 0.25) is 0 Å². The molecular formula is C36H68O6. The maximum atomic E-state index is 12.4. The number of esters is 3. The molecule has 0 aromatic heterocycles. The number of carbonyl (C=O) groups is 3. The van der Waals surface area contributed by atoms with E-state index in [1.54, 1.807) is 0 Å². The third-order valence-electron chi connectivity index (χ3n) is 8.08. The Kier molecular flexibility index (Phi) is 28.4. The summed E-state index contributed by atoms with van der Waals surface area (Å²) in [5, 5.41) is 0. The lowest BCUT2D eigenvalue weighted by Crippen LogP contribution is -2.30. The van der Waals surface area contributed by atoms with Gasteiger partial charge >= 0.3 is 17.9 Å². The molecule has 0 N–H and O–H groups in total. The molecule has 0 rings (SSSR count). The molecule has 42 heavy (non-hydrogen) atoms. The fourth-order valence-electron chi connectivity index (χ4n) is 4.95. The second-order valence-corrected chi connectivity index (χ2v) is 12.9. The molecule has 0 aliphatic rings. The Bertz CT molecular complexity index is 647. The van der Waals surface area contributed by atoms with E-state index in [2.05, 4.69) is 34.6 Å². The Labute approximate surface area is 259 Å². The number of hydrogen-bond acceptors (Lipinski definition) is 6. The Hall–Kier alpha value is -1.59. The van der Waals surface area contributed by atoms with Crippen LogP contribution in [0.15, 0.2) is 0 Å². The highest BCUT2D eigenvalue weighted by Gasteiger charge is 2.19. The van der Waals surface area contributed by atoms with E-state index in [4.69, 9.17) is 14.2 Å². The molecule has 248 valence electrons. The van der Waals surface area contributed by atoms with Crippen molar-refractivity contribution in [2.45, 2.75) is 188 Å². The van der Waals surface area contributed by atoms with Crippen LogP contribution in [0.25, 0.3) is 0 Å². The van der Waals surface area contributed by atoms with Gasteiger partial charge in [-0.1, -0.05) is 144 Å². The summed E-state index contributed by atoms with van der Waals surface area (Å²) in [7, 11) is 0. The molecule has 0 saturated heterocycles. The van der Waals surface area contributed by atoms with Gasteiger partial charge in [0, 0.05) is 19.3 Å². The first-order valence-corrected chi connectivity index (χ1v) is 17.8. The lowest BCUT2D eigenvalue weighted by atomic mass is 10.00. The van der Waals surface area contributed by atoms with Gasteiger partial charge in [-0.05, 0) is 31.1 Å². The fraction of sp³-hybridized carbons (Fsp3) is 0.917. The van der Waals surface area contributed by atoms with Crippen molar-refractivity contribution >= 4 is 17.9 Å². The Morgan fingerprint density at radius 1 is 0.500 bits per heavy atom. The van der Waals surface area contributed by atoms with E-state index < -0.39 is 6.10 Å². The summed E-state index contributed by atoms with van der Waals surface area (Å²) < 4.78 is 16.4. The van der Waals surface area contributed by atoms with E-state index >= 15 is 0 Å². The van der Waals surface area contributed by atoms with Crippen molar-refractivity contribution in [1.82, 2.24) is 0 Å². The van der Waals surface area contributed by atoms with Crippen LogP contribution in [-0.2, 0) is 28.6 Å². The molecule has 2 atom stereocenters. The molecule has 0 spiro atoms. The summed E-state index contributed by atoms with van der Waals surface area (Å²) in [4.78, 5) is 37.0. The lowest BCUT2D eigenvalue weighted by Gasteiger charge is -2.18. The average molecular weight is 597 g/mol. The molecule has 0 aliphatic heterocycles. The minimum absolute atomic E-state index is 0.0698. The van der Waals surface area contributed by atoms with Crippen LogP contribution in [0.3, 0.4) is 0 Å². The van der Waals surface area contributed by atoms with Crippen LogP contribution < -0.4 is 0 Å². The van der Waals surface area contributed by atoms with E-state index in [1.807, 2.05) is 0 Å². The predicted octanol–water partition coefficient (Wildman–Crippen LogP) is 10.3. The SMILES string of the molecule is CCCCCCCC(=O)O[C@@H](COC(=O)CCCCCCCCC(C)C)COC(=O)CCCCCCCCC(C)CC. The molecule has 0 radical (unpaired) electrons. The largest absolute Gasteiger partial charge is 0.462 e. The van der Waals surface area contributed by atoms with Crippen molar-refractivity contribution in [2.24, 2.45) is 11.8 Å². The molecule has 0 amide bonds. The molecule has 0 bridgehead atoms. The third-order valence-corrected chi connectivity index (χ3v) is 8.08. The smallest absolute Gasteiger partial charge is 0.306 e. The topological polar surface area (TPSA) is 78.9 Å². The minimum Gasteiger partial charge on any atom is -0.462 e. The molecule has 0 fully saturated rings. The summed E-state index contributed by atoms with van der Waals surface area (Å²) >= 11 is 0. The first-order chi connectivity index (χ1) is 20.3.